The van der Waals surface area contributed by atoms with Gasteiger partial charge < -0.3 is 10.5 Å². The highest BCUT2D eigenvalue weighted by molar-refractivity contribution is 7.99. The van der Waals surface area contributed by atoms with Crippen LogP contribution in [0.1, 0.15) is 6.92 Å². The Morgan fingerprint density at radius 3 is 3.00 bits per heavy atom. The molecular formula is C7H9N7OS. The highest BCUT2D eigenvalue weighted by Gasteiger charge is 2.08. The second-order valence-corrected chi connectivity index (χ2v) is 3.54. The molecule has 2 heterocycles. The third-order valence-electron chi connectivity index (χ3n) is 1.47. The molecule has 0 aromatic carbocycles. The molecule has 2 aromatic heterocycles. The van der Waals surface area contributed by atoms with Crippen molar-refractivity contribution in [3.05, 3.63) is 6.33 Å². The number of nitrogens with zero attached hydrogens (tertiary/aromatic N) is 5. The summed E-state index contributed by atoms with van der Waals surface area (Å²) >= 11 is 1.20. The maximum absolute atomic E-state index is 5.52. The molecule has 9 heteroatoms. The van der Waals surface area contributed by atoms with E-state index in [1.807, 2.05) is 6.92 Å². The molecule has 0 saturated carbocycles. The third-order valence-corrected chi connectivity index (χ3v) is 2.22. The van der Waals surface area contributed by atoms with Gasteiger partial charge in [0.2, 0.25) is 11.1 Å². The van der Waals surface area contributed by atoms with Gasteiger partial charge in [-0.1, -0.05) is 0 Å². The van der Waals surface area contributed by atoms with Gasteiger partial charge in [-0.3, -0.25) is 5.10 Å². The SMILES string of the molecule is CCOc1nc(N)nc(Sc2ncn[nH]2)n1. The van der Waals surface area contributed by atoms with E-state index in [2.05, 4.69) is 30.1 Å². The fraction of sp³-hybridized carbons (Fsp3) is 0.286. The van der Waals surface area contributed by atoms with Crippen molar-refractivity contribution < 1.29 is 4.74 Å². The van der Waals surface area contributed by atoms with Gasteiger partial charge in [0.1, 0.15) is 6.33 Å². The summed E-state index contributed by atoms with van der Waals surface area (Å²) in [6.07, 6.45) is 1.40. The van der Waals surface area contributed by atoms with Gasteiger partial charge in [0.05, 0.1) is 6.61 Å². The quantitative estimate of drug-likeness (QED) is 0.773. The summed E-state index contributed by atoms with van der Waals surface area (Å²) in [4.78, 5) is 15.7. The lowest BCUT2D eigenvalue weighted by molar-refractivity contribution is 0.308. The Labute approximate surface area is 95.1 Å². The molecule has 0 amide bonds. The van der Waals surface area contributed by atoms with Crippen LogP contribution in [0.3, 0.4) is 0 Å². The van der Waals surface area contributed by atoms with Crippen molar-refractivity contribution >= 4 is 17.7 Å². The van der Waals surface area contributed by atoms with E-state index in [0.717, 1.165) is 0 Å². The Bertz CT molecular complexity index is 460. The zero-order chi connectivity index (χ0) is 11.4. The maximum atomic E-state index is 5.52. The first-order valence-electron chi connectivity index (χ1n) is 4.45. The molecular weight excluding hydrogens is 230 g/mol. The summed E-state index contributed by atoms with van der Waals surface area (Å²) in [5.41, 5.74) is 5.52. The molecule has 3 N–H and O–H groups in total. The van der Waals surface area contributed by atoms with Crippen molar-refractivity contribution in [2.24, 2.45) is 0 Å². The first kappa shape index (κ1) is 10.6. The normalized spacial score (nSPS) is 10.3. The smallest absolute Gasteiger partial charge is 0.322 e. The van der Waals surface area contributed by atoms with Crippen molar-refractivity contribution in [2.75, 3.05) is 12.3 Å². The van der Waals surface area contributed by atoms with Gasteiger partial charge in [-0.2, -0.15) is 20.1 Å². The number of anilines is 1. The van der Waals surface area contributed by atoms with Crippen LogP contribution >= 0.6 is 11.8 Å². The van der Waals surface area contributed by atoms with Crippen LogP contribution in [0.15, 0.2) is 16.6 Å². The summed E-state index contributed by atoms with van der Waals surface area (Å²) in [6, 6.07) is 0.206. The minimum absolute atomic E-state index is 0.112. The molecule has 0 atom stereocenters. The Hall–Kier alpha value is -1.90. The predicted octanol–water partition coefficient (Wildman–Crippen LogP) is 0.122. The lowest BCUT2D eigenvalue weighted by atomic mass is 10.8. The van der Waals surface area contributed by atoms with Crippen LogP contribution in [0.25, 0.3) is 0 Å². The van der Waals surface area contributed by atoms with E-state index < -0.39 is 0 Å². The van der Waals surface area contributed by atoms with Crippen LogP contribution in [-0.2, 0) is 0 Å². The molecule has 0 aliphatic carbocycles. The number of ether oxygens (including phenoxy) is 1. The molecule has 0 saturated heterocycles. The minimum atomic E-state index is 0.112. The first-order valence-corrected chi connectivity index (χ1v) is 5.27. The number of nitrogens with one attached hydrogen (secondary N) is 1. The fourth-order valence-electron chi connectivity index (χ4n) is 0.922. The lowest BCUT2D eigenvalue weighted by Crippen LogP contribution is -2.04. The van der Waals surface area contributed by atoms with Crippen LogP contribution in [0, 0.1) is 0 Å². The number of nitrogens with two attached hydrogens (primary N) is 1. The van der Waals surface area contributed by atoms with Gasteiger partial charge in [0.25, 0.3) is 0 Å². The minimum Gasteiger partial charge on any atom is -0.464 e. The zero-order valence-electron chi connectivity index (χ0n) is 8.41. The molecule has 2 aromatic rings. The van der Waals surface area contributed by atoms with Crippen molar-refractivity contribution in [1.82, 2.24) is 30.1 Å². The zero-order valence-corrected chi connectivity index (χ0v) is 9.23. The molecule has 0 fully saturated rings. The summed E-state index contributed by atoms with van der Waals surface area (Å²) in [5, 5.41) is 7.37. The van der Waals surface area contributed by atoms with Gasteiger partial charge in [0.15, 0.2) is 5.16 Å². The number of aromatic amines is 1. The molecule has 0 unspecified atom stereocenters. The molecule has 0 aliphatic rings. The maximum Gasteiger partial charge on any atom is 0.322 e. The number of rotatable bonds is 4. The predicted molar refractivity (Wildman–Crippen MR) is 55.9 cm³/mol. The van der Waals surface area contributed by atoms with E-state index in [1.54, 1.807) is 0 Å². The van der Waals surface area contributed by atoms with E-state index in [-0.39, 0.29) is 12.0 Å². The van der Waals surface area contributed by atoms with E-state index >= 15 is 0 Å². The van der Waals surface area contributed by atoms with E-state index in [4.69, 9.17) is 10.5 Å². The highest BCUT2D eigenvalue weighted by atomic mass is 32.2. The van der Waals surface area contributed by atoms with E-state index in [1.165, 1.54) is 18.1 Å². The van der Waals surface area contributed by atoms with Gasteiger partial charge >= 0.3 is 6.01 Å². The molecule has 16 heavy (non-hydrogen) atoms. The topological polar surface area (TPSA) is 115 Å². The molecule has 8 nitrogen and oxygen atoms in total. The average Bonchev–Trinajstić information content (AvgIpc) is 2.70. The van der Waals surface area contributed by atoms with Crippen molar-refractivity contribution in [2.45, 2.75) is 17.2 Å². The third kappa shape index (κ3) is 2.57. The molecule has 2 rings (SSSR count). The second kappa shape index (κ2) is 4.75. The molecule has 84 valence electrons. The first-order chi connectivity index (χ1) is 7.78. The molecule has 0 bridgehead atoms. The van der Waals surface area contributed by atoms with E-state index in [9.17, 15) is 0 Å². The van der Waals surface area contributed by atoms with Crippen molar-refractivity contribution in [3.8, 4) is 6.01 Å². The Balaban J connectivity index is 2.20. The lowest BCUT2D eigenvalue weighted by Gasteiger charge is -2.02. The van der Waals surface area contributed by atoms with Crippen LogP contribution in [0.4, 0.5) is 5.95 Å². The summed E-state index contributed by atoms with van der Waals surface area (Å²) in [5.74, 6) is 0.112. The van der Waals surface area contributed by atoms with Crippen LogP contribution < -0.4 is 10.5 Å². The van der Waals surface area contributed by atoms with Gasteiger partial charge in [-0.25, -0.2) is 4.98 Å². The molecule has 0 radical (unpaired) electrons. The van der Waals surface area contributed by atoms with Crippen molar-refractivity contribution in [1.29, 1.82) is 0 Å². The number of nitrogen functional groups attached to an aromatic ring is 1. The summed E-state index contributed by atoms with van der Waals surface area (Å²) in [7, 11) is 0. The van der Waals surface area contributed by atoms with Gasteiger partial charge in [-0.15, -0.1) is 0 Å². The largest absolute Gasteiger partial charge is 0.464 e. The van der Waals surface area contributed by atoms with Gasteiger partial charge in [-0.05, 0) is 18.7 Å². The highest BCUT2D eigenvalue weighted by Crippen LogP contribution is 2.21. The standard InChI is InChI=1S/C7H9N7OS/c1-2-15-5-11-4(8)12-7(13-5)16-6-9-3-10-14-6/h3H,2H2,1H3,(H,9,10,14)(H2,8,11,12,13). The Kier molecular flexibility index (Phi) is 3.15. The molecule has 0 aliphatic heterocycles. The summed E-state index contributed by atoms with van der Waals surface area (Å²) < 4.78 is 5.14. The van der Waals surface area contributed by atoms with Gasteiger partial charge in [0, 0.05) is 0 Å². The summed E-state index contributed by atoms with van der Waals surface area (Å²) in [6.45, 7) is 2.30. The molecule has 0 spiro atoms. The fourth-order valence-corrected chi connectivity index (χ4v) is 1.56. The number of hydrogen-bond donors (Lipinski definition) is 2. The second-order valence-electron chi connectivity index (χ2n) is 2.58. The number of H-pyrrole nitrogens is 1. The average molecular weight is 239 g/mol. The number of aromatic nitrogens is 6. The van der Waals surface area contributed by atoms with Crippen molar-refractivity contribution in [3.63, 3.8) is 0 Å². The number of hydrogen-bond acceptors (Lipinski definition) is 8. The Morgan fingerprint density at radius 1 is 1.44 bits per heavy atom. The Morgan fingerprint density at radius 2 is 2.31 bits per heavy atom. The van der Waals surface area contributed by atoms with Crippen LogP contribution in [0.5, 0.6) is 6.01 Å². The monoisotopic (exact) mass is 239 g/mol. The van der Waals surface area contributed by atoms with Crippen LogP contribution in [-0.4, -0.2) is 36.7 Å². The van der Waals surface area contributed by atoms with E-state index in [0.29, 0.717) is 16.9 Å². The van der Waals surface area contributed by atoms with Crippen LogP contribution in [0.2, 0.25) is 0 Å².